The molecule has 7 nitrogen and oxygen atoms in total. The van der Waals surface area contributed by atoms with Crippen LogP contribution in [0.2, 0.25) is 0 Å². The number of hydrogen-bond acceptors (Lipinski definition) is 5. The molecule has 4 rings (SSSR count). The van der Waals surface area contributed by atoms with Crippen LogP contribution in [-0.2, 0) is 6.18 Å². The highest BCUT2D eigenvalue weighted by Crippen LogP contribution is 2.37. The Hall–Kier alpha value is -4.26. The molecule has 0 fully saturated rings. The molecule has 0 spiro atoms. The Morgan fingerprint density at radius 2 is 1.94 bits per heavy atom. The van der Waals surface area contributed by atoms with Crippen molar-refractivity contribution in [3.63, 3.8) is 0 Å². The number of H-pyrrole nitrogens is 1. The van der Waals surface area contributed by atoms with Gasteiger partial charge in [-0.3, -0.25) is 4.79 Å². The Bertz CT molecular complexity index is 1400. The van der Waals surface area contributed by atoms with Gasteiger partial charge in [0, 0.05) is 41.5 Å². The fraction of sp³-hybridized carbons (Fsp3) is 0.208. The van der Waals surface area contributed by atoms with Crippen LogP contribution in [0.15, 0.2) is 48.9 Å². The average molecular weight is 464 g/mol. The largest absolute Gasteiger partial charge is 0.417 e. The second-order valence-electron chi connectivity index (χ2n) is 7.62. The minimum absolute atomic E-state index is 0.0526. The van der Waals surface area contributed by atoms with Gasteiger partial charge < -0.3 is 10.3 Å². The van der Waals surface area contributed by atoms with Gasteiger partial charge in [-0.2, -0.15) is 13.2 Å². The van der Waals surface area contributed by atoms with Gasteiger partial charge in [-0.1, -0.05) is 31.2 Å². The van der Waals surface area contributed by atoms with E-state index in [4.69, 9.17) is 6.57 Å². The van der Waals surface area contributed by atoms with Gasteiger partial charge in [-0.15, -0.1) is 0 Å². The number of ketones is 1. The fourth-order valence-corrected chi connectivity index (χ4v) is 3.52. The summed E-state index contributed by atoms with van der Waals surface area (Å²) in [6, 6.07) is 7.92. The number of aromatic amines is 1. The van der Waals surface area contributed by atoms with Crippen molar-refractivity contribution in [1.29, 1.82) is 0 Å². The lowest BCUT2D eigenvalue weighted by Gasteiger charge is -2.15. The zero-order chi connectivity index (χ0) is 24.5. The van der Waals surface area contributed by atoms with Gasteiger partial charge in [0.15, 0.2) is 5.78 Å². The maximum absolute atomic E-state index is 13.2. The highest BCUT2D eigenvalue weighted by atomic mass is 19.4. The van der Waals surface area contributed by atoms with Crippen molar-refractivity contribution in [3.05, 3.63) is 77.0 Å². The summed E-state index contributed by atoms with van der Waals surface area (Å²) in [7, 11) is 0. The van der Waals surface area contributed by atoms with Gasteiger partial charge in [0.05, 0.1) is 23.9 Å². The van der Waals surface area contributed by atoms with E-state index >= 15 is 0 Å². The summed E-state index contributed by atoms with van der Waals surface area (Å²) in [5, 5.41) is 3.34. The maximum atomic E-state index is 13.2. The number of fused-ring (bicyclic) bond motifs is 1. The number of benzene rings is 1. The number of aromatic nitrogens is 4. The highest BCUT2D eigenvalue weighted by molar-refractivity contribution is 5.96. The van der Waals surface area contributed by atoms with E-state index in [1.165, 1.54) is 12.4 Å². The average Bonchev–Trinajstić information content (AvgIpc) is 3.26. The molecule has 0 saturated heterocycles. The number of anilines is 1. The van der Waals surface area contributed by atoms with E-state index in [2.05, 4.69) is 30.1 Å². The number of carbonyl (C=O) groups excluding carboxylic acids is 1. The first kappa shape index (κ1) is 22.9. The summed E-state index contributed by atoms with van der Waals surface area (Å²) < 4.78 is 39.6. The molecule has 0 aliphatic carbocycles. The Kier molecular flexibility index (Phi) is 6.03. The molecule has 10 heteroatoms. The molecular formula is C24H19F3N6O. The molecule has 4 aromatic rings. The molecule has 0 aliphatic rings. The Morgan fingerprint density at radius 3 is 2.59 bits per heavy atom. The van der Waals surface area contributed by atoms with Crippen LogP contribution in [0.3, 0.4) is 0 Å². The van der Waals surface area contributed by atoms with Gasteiger partial charge in [-0.25, -0.2) is 19.8 Å². The molecule has 34 heavy (non-hydrogen) atoms. The van der Waals surface area contributed by atoms with Crippen LogP contribution in [0, 0.1) is 6.57 Å². The van der Waals surface area contributed by atoms with Crippen LogP contribution in [0.25, 0.3) is 27.1 Å². The van der Waals surface area contributed by atoms with Crippen LogP contribution in [-0.4, -0.2) is 25.7 Å². The van der Waals surface area contributed by atoms with Crippen LogP contribution in [0.4, 0.5) is 24.8 Å². The first-order valence-corrected chi connectivity index (χ1v) is 10.4. The van der Waals surface area contributed by atoms with E-state index in [0.29, 0.717) is 17.5 Å². The normalized spacial score (nSPS) is 12.4. The number of pyridine rings is 1. The molecule has 1 aromatic carbocycles. The predicted molar refractivity (Wildman–Crippen MR) is 121 cm³/mol. The number of halogens is 3. The molecule has 0 radical (unpaired) electrons. The lowest BCUT2D eigenvalue weighted by atomic mass is 10.0. The first-order valence-electron chi connectivity index (χ1n) is 10.4. The van der Waals surface area contributed by atoms with Crippen molar-refractivity contribution in [2.75, 3.05) is 5.32 Å². The quantitative estimate of drug-likeness (QED) is 0.256. The van der Waals surface area contributed by atoms with Gasteiger partial charge in [0.25, 0.3) is 0 Å². The number of carbonyl (C=O) groups is 1. The summed E-state index contributed by atoms with van der Waals surface area (Å²) in [5.41, 5.74) is 1.48. The molecule has 3 heterocycles. The second-order valence-corrected chi connectivity index (χ2v) is 7.62. The zero-order valence-corrected chi connectivity index (χ0v) is 18.2. The highest BCUT2D eigenvalue weighted by Gasteiger charge is 2.31. The van der Waals surface area contributed by atoms with Gasteiger partial charge in [-0.05, 0) is 18.6 Å². The maximum Gasteiger partial charge on any atom is 0.417 e. The van der Waals surface area contributed by atoms with E-state index < -0.39 is 11.7 Å². The molecule has 0 saturated carbocycles. The van der Waals surface area contributed by atoms with Gasteiger partial charge in [0.1, 0.15) is 5.65 Å². The topological polar surface area (TPSA) is 87.9 Å². The van der Waals surface area contributed by atoms with E-state index in [1.807, 2.05) is 19.1 Å². The van der Waals surface area contributed by atoms with Crippen molar-refractivity contribution in [1.82, 2.24) is 19.9 Å². The van der Waals surface area contributed by atoms with Crippen LogP contribution < -0.4 is 5.32 Å². The second kappa shape index (κ2) is 8.94. The third-order valence-electron chi connectivity index (χ3n) is 5.40. The summed E-state index contributed by atoms with van der Waals surface area (Å²) in [5.74, 6) is 0.259. The Morgan fingerprint density at radius 1 is 1.21 bits per heavy atom. The molecule has 0 bridgehead atoms. The summed E-state index contributed by atoms with van der Waals surface area (Å²) in [6.45, 7) is 11.1. The number of alkyl halides is 3. The third kappa shape index (κ3) is 4.45. The third-order valence-corrected chi connectivity index (χ3v) is 5.40. The predicted octanol–water partition coefficient (Wildman–Crippen LogP) is 6.36. The molecule has 0 aliphatic heterocycles. The van der Waals surface area contributed by atoms with E-state index in [1.54, 1.807) is 19.1 Å². The van der Waals surface area contributed by atoms with Crippen LogP contribution in [0.1, 0.15) is 47.8 Å². The fourth-order valence-electron chi connectivity index (χ4n) is 3.52. The molecule has 0 unspecified atom stereocenters. The van der Waals surface area contributed by atoms with Gasteiger partial charge in [0.2, 0.25) is 11.6 Å². The molecule has 2 N–H and O–H groups in total. The monoisotopic (exact) mass is 464 g/mol. The van der Waals surface area contributed by atoms with Crippen molar-refractivity contribution in [2.24, 2.45) is 0 Å². The van der Waals surface area contributed by atoms with Crippen molar-refractivity contribution in [2.45, 2.75) is 32.5 Å². The number of nitrogens with one attached hydrogen (secondary N) is 2. The number of Topliss-reactive ketones (excluding diaryl/α,β-unsaturated/α-hetero) is 1. The SMILES string of the molecule is [C-]#[N+]c1cnc(N[C@@H](C)c2ccc(C(=O)CC)cc2)nc1-c1c[nH]c2ncc(C(F)(F)F)cc12. The summed E-state index contributed by atoms with van der Waals surface area (Å²) >= 11 is 0. The van der Waals surface area contributed by atoms with Gasteiger partial charge >= 0.3 is 6.18 Å². The van der Waals surface area contributed by atoms with E-state index in [0.717, 1.165) is 17.8 Å². The summed E-state index contributed by atoms with van der Waals surface area (Å²) in [6.07, 6.45) is -0.570. The first-order chi connectivity index (χ1) is 16.2. The minimum Gasteiger partial charge on any atom is -0.348 e. The van der Waals surface area contributed by atoms with E-state index in [9.17, 15) is 18.0 Å². The smallest absolute Gasteiger partial charge is 0.348 e. The minimum atomic E-state index is -4.55. The molecule has 0 amide bonds. The molecule has 3 aromatic heterocycles. The number of rotatable bonds is 6. The molecule has 1 atom stereocenters. The molecule has 172 valence electrons. The van der Waals surface area contributed by atoms with E-state index in [-0.39, 0.29) is 40.2 Å². The number of nitrogens with zero attached hydrogens (tertiary/aromatic N) is 4. The van der Waals surface area contributed by atoms with Crippen molar-refractivity contribution < 1.29 is 18.0 Å². The lowest BCUT2D eigenvalue weighted by molar-refractivity contribution is -0.137. The Balaban J connectivity index is 1.68. The Labute approximate surface area is 192 Å². The standard InChI is InChI=1S/C24H19F3N6O/c1-4-20(34)15-7-5-14(6-8-15)13(2)32-23-31-12-19(28-3)21(33-23)18-11-30-22-17(18)9-16(10-29-22)24(25,26)27/h5-13H,4H2,1-2H3,(H,29,30)(H,31,32,33)/t13-/m0/s1. The molecular weight excluding hydrogens is 445 g/mol. The van der Waals surface area contributed by atoms with Crippen molar-refractivity contribution >= 4 is 28.5 Å². The van der Waals surface area contributed by atoms with Crippen LogP contribution in [0.5, 0.6) is 0 Å². The van der Waals surface area contributed by atoms with Crippen molar-refractivity contribution in [3.8, 4) is 11.3 Å². The summed E-state index contributed by atoms with van der Waals surface area (Å²) in [4.78, 5) is 30.6. The number of hydrogen-bond donors (Lipinski definition) is 2. The zero-order valence-electron chi connectivity index (χ0n) is 18.2. The lowest BCUT2D eigenvalue weighted by Crippen LogP contribution is -2.10. The van der Waals surface area contributed by atoms with Crippen LogP contribution >= 0.6 is 0 Å².